The third-order valence-electron chi connectivity index (χ3n) is 3.71. The van der Waals surface area contributed by atoms with Crippen molar-refractivity contribution in [3.63, 3.8) is 0 Å². The summed E-state index contributed by atoms with van der Waals surface area (Å²) in [6, 6.07) is 2.11. The lowest BCUT2D eigenvalue weighted by molar-refractivity contribution is 0.380. The number of fused-ring (bicyclic) bond motifs is 1. The van der Waals surface area contributed by atoms with Gasteiger partial charge in [-0.05, 0) is 57.6 Å². The van der Waals surface area contributed by atoms with E-state index in [0.29, 0.717) is 0 Å². The van der Waals surface area contributed by atoms with Crippen LogP contribution in [0.5, 0.6) is 11.5 Å². The minimum atomic E-state index is -0.249. The van der Waals surface area contributed by atoms with Gasteiger partial charge >= 0.3 is 0 Å². The Balaban J connectivity index is 2.54. The molecule has 0 spiro atoms. The van der Waals surface area contributed by atoms with Gasteiger partial charge in [-0.1, -0.05) is 0 Å². The highest BCUT2D eigenvalue weighted by Crippen LogP contribution is 2.39. The smallest absolute Gasteiger partial charge is 0.125 e. The number of rotatable bonds is 4. The molecule has 0 atom stereocenters. The maximum atomic E-state index is 6.16. The van der Waals surface area contributed by atoms with Crippen LogP contribution < -0.4 is 15.2 Å². The van der Waals surface area contributed by atoms with Gasteiger partial charge < -0.3 is 15.2 Å². The van der Waals surface area contributed by atoms with Crippen LogP contribution in [0.1, 0.15) is 43.4 Å². The zero-order valence-electron chi connectivity index (χ0n) is 12.5. The largest absolute Gasteiger partial charge is 0.496 e. The third kappa shape index (κ3) is 3.03. The standard InChI is InChI=1S/C16H25NO2/c1-16(2,17)10-11-9-14(18-3)12-7-5-6-8-13(12)15(11)19-4/h9H,5-8,10,17H2,1-4H3. The topological polar surface area (TPSA) is 44.5 Å². The van der Waals surface area contributed by atoms with E-state index in [0.717, 1.165) is 36.3 Å². The molecule has 19 heavy (non-hydrogen) atoms. The number of benzene rings is 1. The van der Waals surface area contributed by atoms with Crippen LogP contribution >= 0.6 is 0 Å². The molecule has 3 heteroatoms. The SMILES string of the molecule is COc1cc(CC(C)(C)N)c(OC)c2c1CCCC2. The Morgan fingerprint density at radius 3 is 2.26 bits per heavy atom. The molecule has 106 valence electrons. The zero-order valence-corrected chi connectivity index (χ0v) is 12.5. The van der Waals surface area contributed by atoms with Crippen molar-refractivity contribution in [2.45, 2.75) is 51.5 Å². The molecule has 0 amide bonds. The van der Waals surface area contributed by atoms with Gasteiger partial charge in [0.25, 0.3) is 0 Å². The first-order chi connectivity index (χ1) is 8.96. The van der Waals surface area contributed by atoms with Gasteiger partial charge in [0.1, 0.15) is 11.5 Å². The molecule has 1 aliphatic rings. The Labute approximate surface area is 116 Å². The fourth-order valence-corrected chi connectivity index (χ4v) is 2.99. The normalized spacial score (nSPS) is 15.0. The van der Waals surface area contributed by atoms with Crippen molar-refractivity contribution in [2.24, 2.45) is 5.73 Å². The van der Waals surface area contributed by atoms with Gasteiger partial charge in [0.05, 0.1) is 14.2 Å². The molecule has 2 N–H and O–H groups in total. The van der Waals surface area contributed by atoms with Crippen LogP contribution in [-0.2, 0) is 19.3 Å². The van der Waals surface area contributed by atoms with Gasteiger partial charge in [0.2, 0.25) is 0 Å². The van der Waals surface area contributed by atoms with Gasteiger partial charge in [-0.3, -0.25) is 0 Å². The lowest BCUT2D eigenvalue weighted by Crippen LogP contribution is -2.34. The molecule has 0 aliphatic heterocycles. The van der Waals surface area contributed by atoms with Gasteiger partial charge in [-0.2, -0.15) is 0 Å². The second-order valence-corrected chi connectivity index (χ2v) is 6.10. The van der Waals surface area contributed by atoms with Crippen molar-refractivity contribution in [2.75, 3.05) is 14.2 Å². The summed E-state index contributed by atoms with van der Waals surface area (Å²) < 4.78 is 11.2. The zero-order chi connectivity index (χ0) is 14.0. The van der Waals surface area contributed by atoms with E-state index in [1.54, 1.807) is 14.2 Å². The Morgan fingerprint density at radius 1 is 1.11 bits per heavy atom. The fourth-order valence-electron chi connectivity index (χ4n) is 2.99. The van der Waals surface area contributed by atoms with Gasteiger partial charge in [-0.15, -0.1) is 0 Å². The molecule has 1 aliphatic carbocycles. The number of methoxy groups -OCH3 is 2. The van der Waals surface area contributed by atoms with Crippen LogP contribution in [0, 0.1) is 0 Å². The summed E-state index contributed by atoms with van der Waals surface area (Å²) in [4.78, 5) is 0. The fraction of sp³-hybridized carbons (Fsp3) is 0.625. The van der Waals surface area contributed by atoms with Gasteiger partial charge in [0, 0.05) is 16.7 Å². The predicted octanol–water partition coefficient (Wildman–Crippen LogP) is 2.86. The summed E-state index contributed by atoms with van der Waals surface area (Å²) in [5.74, 6) is 2.02. The molecule has 1 aromatic carbocycles. The Hall–Kier alpha value is -1.22. The molecule has 3 nitrogen and oxygen atoms in total. The Bertz CT molecular complexity index is 461. The number of ether oxygens (including phenoxy) is 2. The van der Waals surface area contributed by atoms with Crippen LogP contribution in [0.2, 0.25) is 0 Å². The highest BCUT2D eigenvalue weighted by atomic mass is 16.5. The van der Waals surface area contributed by atoms with Gasteiger partial charge in [0.15, 0.2) is 0 Å². The van der Waals surface area contributed by atoms with Crippen molar-refractivity contribution < 1.29 is 9.47 Å². The minimum Gasteiger partial charge on any atom is -0.496 e. The van der Waals surface area contributed by atoms with Crippen LogP contribution in [0.25, 0.3) is 0 Å². The van der Waals surface area contributed by atoms with E-state index in [-0.39, 0.29) is 5.54 Å². The lowest BCUT2D eigenvalue weighted by atomic mass is 9.85. The highest BCUT2D eigenvalue weighted by molar-refractivity contribution is 5.55. The molecule has 0 saturated carbocycles. The first-order valence-corrected chi connectivity index (χ1v) is 7.00. The summed E-state index contributed by atoms with van der Waals surface area (Å²) in [6.07, 6.45) is 5.41. The molecular weight excluding hydrogens is 238 g/mol. The van der Waals surface area contributed by atoms with Crippen LogP contribution in [0.15, 0.2) is 6.07 Å². The summed E-state index contributed by atoms with van der Waals surface area (Å²) in [7, 11) is 3.50. The average Bonchev–Trinajstić information content (AvgIpc) is 2.36. The van der Waals surface area contributed by atoms with E-state index < -0.39 is 0 Å². The molecule has 0 saturated heterocycles. The quantitative estimate of drug-likeness (QED) is 0.908. The first kappa shape index (κ1) is 14.2. The van der Waals surface area contributed by atoms with Crippen molar-refractivity contribution >= 4 is 0 Å². The van der Waals surface area contributed by atoms with Crippen molar-refractivity contribution in [1.82, 2.24) is 0 Å². The van der Waals surface area contributed by atoms with E-state index in [1.807, 2.05) is 13.8 Å². The third-order valence-corrected chi connectivity index (χ3v) is 3.71. The summed E-state index contributed by atoms with van der Waals surface area (Å²) in [6.45, 7) is 4.08. The number of hydrogen-bond acceptors (Lipinski definition) is 3. The molecule has 2 rings (SSSR count). The molecule has 0 heterocycles. The maximum absolute atomic E-state index is 6.16. The van der Waals surface area contributed by atoms with Crippen molar-refractivity contribution in [3.05, 3.63) is 22.8 Å². The van der Waals surface area contributed by atoms with E-state index in [9.17, 15) is 0 Å². The predicted molar refractivity (Wildman–Crippen MR) is 78.2 cm³/mol. The number of hydrogen-bond donors (Lipinski definition) is 1. The van der Waals surface area contributed by atoms with Crippen LogP contribution in [0.3, 0.4) is 0 Å². The second kappa shape index (κ2) is 5.41. The van der Waals surface area contributed by atoms with E-state index in [1.165, 1.54) is 24.0 Å². The summed E-state index contributed by atoms with van der Waals surface area (Å²) in [5.41, 5.74) is 9.72. The molecule has 0 fully saturated rings. The van der Waals surface area contributed by atoms with E-state index >= 15 is 0 Å². The average molecular weight is 263 g/mol. The summed E-state index contributed by atoms with van der Waals surface area (Å²) >= 11 is 0. The van der Waals surface area contributed by atoms with Gasteiger partial charge in [-0.25, -0.2) is 0 Å². The van der Waals surface area contributed by atoms with Crippen LogP contribution in [-0.4, -0.2) is 19.8 Å². The first-order valence-electron chi connectivity index (χ1n) is 7.00. The minimum absolute atomic E-state index is 0.249. The van der Waals surface area contributed by atoms with E-state index in [2.05, 4.69) is 6.07 Å². The maximum Gasteiger partial charge on any atom is 0.125 e. The molecule has 0 radical (unpaired) electrons. The molecule has 0 unspecified atom stereocenters. The molecular formula is C16H25NO2. The summed E-state index contributed by atoms with van der Waals surface area (Å²) in [5, 5.41) is 0. The monoisotopic (exact) mass is 263 g/mol. The molecule has 1 aromatic rings. The van der Waals surface area contributed by atoms with Crippen molar-refractivity contribution in [1.29, 1.82) is 0 Å². The lowest BCUT2D eigenvalue weighted by Gasteiger charge is -2.26. The molecule has 0 bridgehead atoms. The Kier molecular flexibility index (Phi) is 4.04. The van der Waals surface area contributed by atoms with E-state index in [4.69, 9.17) is 15.2 Å². The number of nitrogens with two attached hydrogens (primary N) is 1. The molecule has 0 aromatic heterocycles. The Morgan fingerprint density at radius 2 is 1.74 bits per heavy atom. The second-order valence-electron chi connectivity index (χ2n) is 6.10. The van der Waals surface area contributed by atoms with Crippen LogP contribution in [0.4, 0.5) is 0 Å². The van der Waals surface area contributed by atoms with Crippen molar-refractivity contribution in [3.8, 4) is 11.5 Å². The highest BCUT2D eigenvalue weighted by Gasteiger charge is 2.24.